The first-order valence-electron chi connectivity index (χ1n) is 5.80. The molecular formula is C14H16N2O. The summed E-state index contributed by atoms with van der Waals surface area (Å²) in [7, 11) is 0. The van der Waals surface area contributed by atoms with Gasteiger partial charge in [0.2, 0.25) is 0 Å². The molecule has 0 fully saturated rings. The molecule has 0 spiro atoms. The number of carbonyl (C=O) groups is 1. The summed E-state index contributed by atoms with van der Waals surface area (Å²) in [4.78, 5) is 13.3. The van der Waals surface area contributed by atoms with Crippen LogP contribution >= 0.6 is 0 Å². The Morgan fingerprint density at radius 3 is 2.59 bits per heavy atom. The van der Waals surface area contributed by atoms with Crippen molar-refractivity contribution >= 4 is 6.03 Å². The van der Waals surface area contributed by atoms with Crippen molar-refractivity contribution in [2.24, 2.45) is 0 Å². The van der Waals surface area contributed by atoms with E-state index in [1.807, 2.05) is 30.4 Å². The Morgan fingerprint density at radius 2 is 1.88 bits per heavy atom. The maximum Gasteiger partial charge on any atom is 0.325 e. The van der Waals surface area contributed by atoms with Crippen LogP contribution in [0.4, 0.5) is 4.79 Å². The maximum absolute atomic E-state index is 11.7. The van der Waals surface area contributed by atoms with Gasteiger partial charge >= 0.3 is 6.03 Å². The molecule has 3 heteroatoms. The molecule has 0 atom stereocenters. The molecule has 1 aromatic rings. The van der Waals surface area contributed by atoms with Crippen molar-refractivity contribution in [2.45, 2.75) is 12.8 Å². The summed E-state index contributed by atoms with van der Waals surface area (Å²) in [6.45, 7) is 0.654. The number of allylic oxidation sites excluding steroid dienone is 2. The molecule has 3 nitrogen and oxygen atoms in total. The maximum atomic E-state index is 11.7. The van der Waals surface area contributed by atoms with E-state index in [4.69, 9.17) is 0 Å². The molecule has 0 unspecified atom stereocenters. The molecular weight excluding hydrogens is 212 g/mol. The van der Waals surface area contributed by atoms with Gasteiger partial charge < -0.3 is 5.32 Å². The van der Waals surface area contributed by atoms with E-state index in [-0.39, 0.29) is 6.03 Å². The third-order valence-electron chi connectivity index (χ3n) is 2.57. The van der Waals surface area contributed by atoms with Gasteiger partial charge in [-0.25, -0.2) is 4.79 Å². The zero-order chi connectivity index (χ0) is 11.9. The number of amides is 2. The Bertz CT molecular complexity index is 411. The van der Waals surface area contributed by atoms with Crippen molar-refractivity contribution in [3.63, 3.8) is 0 Å². The minimum absolute atomic E-state index is 0.0758. The molecule has 1 aliphatic rings. The molecule has 1 heterocycles. The molecule has 2 amide bonds. The summed E-state index contributed by atoms with van der Waals surface area (Å²) < 4.78 is 0. The van der Waals surface area contributed by atoms with Crippen LogP contribution in [0.5, 0.6) is 0 Å². The average molecular weight is 228 g/mol. The van der Waals surface area contributed by atoms with Gasteiger partial charge in [-0.3, -0.25) is 4.90 Å². The van der Waals surface area contributed by atoms with Crippen molar-refractivity contribution in [1.82, 2.24) is 10.2 Å². The Hall–Kier alpha value is -2.03. The monoisotopic (exact) mass is 228 g/mol. The molecule has 1 aliphatic heterocycles. The highest BCUT2D eigenvalue weighted by Gasteiger charge is 2.07. The first-order valence-corrected chi connectivity index (χ1v) is 5.80. The summed E-state index contributed by atoms with van der Waals surface area (Å²) in [5.74, 6) is 0. The first kappa shape index (κ1) is 11.5. The van der Waals surface area contributed by atoms with E-state index < -0.39 is 0 Å². The number of nitrogens with zero attached hydrogens (tertiary/aromatic N) is 1. The number of rotatable bonds is 3. The van der Waals surface area contributed by atoms with Crippen LogP contribution in [0.25, 0.3) is 0 Å². The summed E-state index contributed by atoms with van der Waals surface area (Å²) in [6.07, 6.45) is 9.24. The van der Waals surface area contributed by atoms with Gasteiger partial charge in [-0.05, 0) is 18.4 Å². The quantitative estimate of drug-likeness (QED) is 0.847. The minimum atomic E-state index is -0.0758. The van der Waals surface area contributed by atoms with E-state index in [1.165, 1.54) is 5.56 Å². The lowest BCUT2D eigenvalue weighted by atomic mass is 10.1. The van der Waals surface area contributed by atoms with E-state index in [9.17, 15) is 4.79 Å². The van der Waals surface area contributed by atoms with Crippen LogP contribution in [0.15, 0.2) is 54.9 Å². The summed E-state index contributed by atoms with van der Waals surface area (Å²) in [5.41, 5.74) is 1.23. The lowest BCUT2D eigenvalue weighted by Gasteiger charge is -2.16. The molecule has 0 saturated heterocycles. The highest BCUT2D eigenvalue weighted by atomic mass is 16.2. The smallest absolute Gasteiger partial charge is 0.325 e. The second-order valence-electron chi connectivity index (χ2n) is 3.88. The van der Waals surface area contributed by atoms with Crippen LogP contribution in [0.1, 0.15) is 12.0 Å². The van der Waals surface area contributed by atoms with Crippen molar-refractivity contribution in [2.75, 3.05) is 6.54 Å². The second kappa shape index (κ2) is 5.89. The molecule has 0 bridgehead atoms. The second-order valence-corrected chi connectivity index (χ2v) is 3.88. The highest BCUT2D eigenvalue weighted by Crippen LogP contribution is 2.03. The zero-order valence-corrected chi connectivity index (χ0v) is 9.67. The Morgan fingerprint density at radius 1 is 1.18 bits per heavy atom. The van der Waals surface area contributed by atoms with Crippen molar-refractivity contribution < 1.29 is 4.79 Å². The van der Waals surface area contributed by atoms with Gasteiger partial charge in [0.1, 0.15) is 0 Å². The molecule has 88 valence electrons. The van der Waals surface area contributed by atoms with Gasteiger partial charge in [0, 0.05) is 18.9 Å². The van der Waals surface area contributed by atoms with E-state index in [1.54, 1.807) is 17.3 Å². The van der Waals surface area contributed by atoms with E-state index >= 15 is 0 Å². The van der Waals surface area contributed by atoms with Crippen LogP contribution in [-0.2, 0) is 6.42 Å². The van der Waals surface area contributed by atoms with Gasteiger partial charge in [-0.15, -0.1) is 0 Å². The van der Waals surface area contributed by atoms with E-state index in [0.29, 0.717) is 6.54 Å². The predicted molar refractivity (Wildman–Crippen MR) is 68.3 cm³/mol. The summed E-state index contributed by atoms with van der Waals surface area (Å²) in [6, 6.07) is 10.1. The number of hydrogen-bond donors (Lipinski definition) is 1. The molecule has 1 aromatic carbocycles. The Balaban J connectivity index is 1.75. The van der Waals surface area contributed by atoms with E-state index in [0.717, 1.165) is 12.8 Å². The van der Waals surface area contributed by atoms with Gasteiger partial charge in [0.15, 0.2) is 0 Å². The number of carbonyl (C=O) groups excluding carboxylic acids is 1. The average Bonchev–Trinajstić information content (AvgIpc) is 2.41. The molecule has 0 aliphatic carbocycles. The number of nitrogens with one attached hydrogen (secondary N) is 1. The number of urea groups is 1. The minimum Gasteiger partial charge on any atom is -0.337 e. The van der Waals surface area contributed by atoms with Crippen molar-refractivity contribution in [3.8, 4) is 0 Å². The molecule has 0 aromatic heterocycles. The molecule has 0 radical (unpaired) electrons. The van der Waals surface area contributed by atoms with Crippen LogP contribution in [0.3, 0.4) is 0 Å². The lowest BCUT2D eigenvalue weighted by Crippen LogP contribution is -2.34. The fourth-order valence-corrected chi connectivity index (χ4v) is 1.66. The summed E-state index contributed by atoms with van der Waals surface area (Å²) >= 11 is 0. The molecule has 17 heavy (non-hydrogen) atoms. The SMILES string of the molecule is O=C(NCCc1ccccc1)N1C=CCC=C1. The van der Waals surface area contributed by atoms with Crippen LogP contribution in [0.2, 0.25) is 0 Å². The fraction of sp³-hybridized carbons (Fsp3) is 0.214. The standard InChI is InChI=1S/C14H16N2O/c17-14(16-11-5-2-6-12-16)15-10-9-13-7-3-1-4-8-13/h1,3-8,11-12H,2,9-10H2,(H,15,17). The highest BCUT2D eigenvalue weighted by molar-refractivity contribution is 5.76. The van der Waals surface area contributed by atoms with Gasteiger partial charge in [-0.2, -0.15) is 0 Å². The normalized spacial score (nSPS) is 13.8. The molecule has 1 N–H and O–H groups in total. The van der Waals surface area contributed by atoms with Crippen molar-refractivity contribution in [1.29, 1.82) is 0 Å². The fourth-order valence-electron chi connectivity index (χ4n) is 1.66. The first-order chi connectivity index (χ1) is 8.36. The Labute approximate surface area is 101 Å². The summed E-state index contributed by atoms with van der Waals surface area (Å²) in [5, 5.41) is 2.89. The molecule has 2 rings (SSSR count). The van der Waals surface area contributed by atoms with Gasteiger partial charge in [-0.1, -0.05) is 42.5 Å². The molecule has 0 saturated carbocycles. The largest absolute Gasteiger partial charge is 0.337 e. The van der Waals surface area contributed by atoms with Crippen LogP contribution in [-0.4, -0.2) is 17.5 Å². The third-order valence-corrected chi connectivity index (χ3v) is 2.57. The van der Waals surface area contributed by atoms with E-state index in [2.05, 4.69) is 17.4 Å². The number of hydrogen-bond acceptors (Lipinski definition) is 1. The third kappa shape index (κ3) is 3.48. The zero-order valence-electron chi connectivity index (χ0n) is 9.67. The lowest BCUT2D eigenvalue weighted by molar-refractivity contribution is 0.226. The Kier molecular flexibility index (Phi) is 3.97. The van der Waals surface area contributed by atoms with Crippen molar-refractivity contribution in [3.05, 3.63) is 60.4 Å². The topological polar surface area (TPSA) is 32.3 Å². The van der Waals surface area contributed by atoms with Gasteiger partial charge in [0.05, 0.1) is 0 Å². The number of benzene rings is 1. The van der Waals surface area contributed by atoms with Gasteiger partial charge in [0.25, 0.3) is 0 Å². The van der Waals surface area contributed by atoms with Crippen LogP contribution < -0.4 is 5.32 Å². The van der Waals surface area contributed by atoms with Crippen LogP contribution in [0, 0.1) is 0 Å². The predicted octanol–water partition coefficient (Wildman–Crippen LogP) is 2.67.